The zero-order valence-electron chi connectivity index (χ0n) is 15.7. The number of terminal acetylenes is 1. The summed E-state index contributed by atoms with van der Waals surface area (Å²) < 4.78 is 0. The molecule has 26 heavy (non-hydrogen) atoms. The molecule has 1 aromatic rings. The Kier molecular flexibility index (Phi) is 5.17. The SMILES string of the molecule is C#CCNC(=O)C[C@@H]1c2nc(C)sc2C[C@H]2[C@](C)(CO)[C@H](O)CC[C@]21C. The molecule has 0 aromatic carbocycles. The van der Waals surface area contributed by atoms with E-state index in [1.54, 1.807) is 11.3 Å². The van der Waals surface area contributed by atoms with Crippen molar-refractivity contribution in [1.29, 1.82) is 0 Å². The molecular weight excluding hydrogens is 348 g/mol. The topological polar surface area (TPSA) is 82.5 Å². The van der Waals surface area contributed by atoms with Crippen molar-refractivity contribution in [2.45, 2.75) is 58.5 Å². The number of hydrogen-bond donors (Lipinski definition) is 3. The summed E-state index contributed by atoms with van der Waals surface area (Å²) in [6.07, 6.45) is 7.31. The van der Waals surface area contributed by atoms with E-state index in [0.29, 0.717) is 12.8 Å². The summed E-state index contributed by atoms with van der Waals surface area (Å²) in [5.74, 6) is 2.44. The maximum atomic E-state index is 12.5. The zero-order valence-corrected chi connectivity index (χ0v) is 16.5. The summed E-state index contributed by atoms with van der Waals surface area (Å²) in [7, 11) is 0. The minimum absolute atomic E-state index is 0.0302. The summed E-state index contributed by atoms with van der Waals surface area (Å²) >= 11 is 1.67. The van der Waals surface area contributed by atoms with Crippen molar-refractivity contribution in [3.05, 3.63) is 15.6 Å². The van der Waals surface area contributed by atoms with Gasteiger partial charge in [0, 0.05) is 22.6 Å². The third-order valence-corrected chi connectivity index (χ3v) is 7.79. The lowest BCUT2D eigenvalue weighted by Crippen LogP contribution is -2.57. The first-order valence-corrected chi connectivity index (χ1v) is 10.0. The molecule has 142 valence electrons. The Hall–Kier alpha value is -1.42. The molecule has 0 bridgehead atoms. The molecule has 1 amide bonds. The maximum absolute atomic E-state index is 12.5. The minimum Gasteiger partial charge on any atom is -0.396 e. The molecule has 1 fully saturated rings. The van der Waals surface area contributed by atoms with E-state index in [1.165, 1.54) is 4.88 Å². The van der Waals surface area contributed by atoms with Gasteiger partial charge in [0.05, 0.1) is 30.0 Å². The molecule has 0 spiro atoms. The van der Waals surface area contributed by atoms with Crippen molar-refractivity contribution >= 4 is 17.2 Å². The van der Waals surface area contributed by atoms with E-state index < -0.39 is 11.5 Å². The average Bonchev–Trinajstić information content (AvgIpc) is 2.98. The van der Waals surface area contributed by atoms with E-state index in [4.69, 9.17) is 11.4 Å². The van der Waals surface area contributed by atoms with Crippen LogP contribution in [0.5, 0.6) is 0 Å². The Morgan fingerprint density at radius 2 is 2.23 bits per heavy atom. The van der Waals surface area contributed by atoms with Crippen molar-refractivity contribution in [2.75, 3.05) is 13.2 Å². The number of carbonyl (C=O) groups excluding carboxylic acids is 1. The van der Waals surface area contributed by atoms with Gasteiger partial charge in [-0.05, 0) is 37.5 Å². The van der Waals surface area contributed by atoms with Gasteiger partial charge in [-0.2, -0.15) is 0 Å². The van der Waals surface area contributed by atoms with Crippen molar-refractivity contribution in [1.82, 2.24) is 10.3 Å². The third-order valence-electron chi connectivity index (χ3n) is 6.78. The van der Waals surface area contributed by atoms with Crippen molar-refractivity contribution in [3.63, 3.8) is 0 Å². The molecule has 1 saturated carbocycles. The van der Waals surface area contributed by atoms with Crippen molar-refractivity contribution in [3.8, 4) is 12.3 Å². The number of rotatable bonds is 4. The van der Waals surface area contributed by atoms with Crippen LogP contribution >= 0.6 is 11.3 Å². The lowest BCUT2D eigenvalue weighted by atomic mass is 9.47. The smallest absolute Gasteiger partial charge is 0.221 e. The predicted molar refractivity (Wildman–Crippen MR) is 102 cm³/mol. The molecule has 2 aliphatic carbocycles. The van der Waals surface area contributed by atoms with E-state index in [0.717, 1.165) is 23.5 Å². The Bertz CT molecular complexity index is 740. The number of aliphatic hydroxyl groups is 2. The van der Waals surface area contributed by atoms with Crippen molar-refractivity contribution < 1.29 is 15.0 Å². The van der Waals surface area contributed by atoms with Crippen LogP contribution in [0.1, 0.15) is 54.6 Å². The van der Waals surface area contributed by atoms with Gasteiger partial charge in [-0.3, -0.25) is 4.79 Å². The predicted octanol–water partition coefficient (Wildman–Crippen LogP) is 2.01. The second-order valence-corrected chi connectivity index (χ2v) is 9.55. The third kappa shape index (κ3) is 2.96. The summed E-state index contributed by atoms with van der Waals surface area (Å²) in [4.78, 5) is 18.4. The van der Waals surface area contributed by atoms with Crippen LogP contribution in [0.2, 0.25) is 0 Å². The van der Waals surface area contributed by atoms with Crippen LogP contribution < -0.4 is 5.32 Å². The summed E-state index contributed by atoms with van der Waals surface area (Å²) in [5.41, 5.74) is 0.257. The molecule has 1 aromatic heterocycles. The number of carbonyl (C=O) groups is 1. The molecule has 3 N–H and O–H groups in total. The number of nitrogens with one attached hydrogen (secondary N) is 1. The number of aliphatic hydroxyl groups excluding tert-OH is 2. The monoisotopic (exact) mass is 376 g/mol. The number of amides is 1. The first-order valence-electron chi connectivity index (χ1n) is 9.21. The van der Waals surface area contributed by atoms with Gasteiger partial charge in [-0.25, -0.2) is 4.98 Å². The van der Waals surface area contributed by atoms with Crippen LogP contribution in [0.15, 0.2) is 0 Å². The van der Waals surface area contributed by atoms with Gasteiger partial charge >= 0.3 is 0 Å². The molecule has 5 nitrogen and oxygen atoms in total. The molecule has 6 heteroatoms. The molecule has 0 saturated heterocycles. The first kappa shape index (κ1) is 19.3. The molecule has 1 heterocycles. The average molecular weight is 377 g/mol. The van der Waals surface area contributed by atoms with Crippen LogP contribution in [-0.2, 0) is 11.2 Å². The first-order chi connectivity index (χ1) is 12.3. The van der Waals surface area contributed by atoms with E-state index in [2.05, 4.69) is 18.2 Å². The van der Waals surface area contributed by atoms with Crippen LogP contribution in [-0.4, -0.2) is 40.4 Å². The Labute approximate surface area is 159 Å². The number of aromatic nitrogens is 1. The summed E-state index contributed by atoms with van der Waals surface area (Å²) in [6.45, 7) is 6.34. The lowest BCUT2D eigenvalue weighted by molar-refractivity contribution is -0.144. The molecule has 0 aliphatic heterocycles. The second kappa shape index (κ2) is 6.95. The van der Waals surface area contributed by atoms with Gasteiger partial charge in [0.1, 0.15) is 0 Å². The second-order valence-electron chi connectivity index (χ2n) is 8.26. The highest BCUT2D eigenvalue weighted by Crippen LogP contribution is 2.62. The fourth-order valence-corrected chi connectivity index (χ4v) is 6.22. The van der Waals surface area contributed by atoms with E-state index in [-0.39, 0.29) is 36.3 Å². The van der Waals surface area contributed by atoms with E-state index in [9.17, 15) is 15.0 Å². The minimum atomic E-state index is -0.573. The van der Waals surface area contributed by atoms with Gasteiger partial charge in [0.2, 0.25) is 5.91 Å². The Morgan fingerprint density at radius 1 is 1.50 bits per heavy atom. The largest absolute Gasteiger partial charge is 0.396 e. The Balaban J connectivity index is 2.03. The molecule has 3 rings (SSSR count). The number of thiazole rings is 1. The van der Waals surface area contributed by atoms with Crippen LogP contribution in [0.25, 0.3) is 0 Å². The van der Waals surface area contributed by atoms with Crippen molar-refractivity contribution in [2.24, 2.45) is 16.7 Å². The van der Waals surface area contributed by atoms with Gasteiger partial charge in [0.25, 0.3) is 0 Å². The highest BCUT2D eigenvalue weighted by Gasteiger charge is 2.59. The van der Waals surface area contributed by atoms with Crippen LogP contribution in [0.4, 0.5) is 0 Å². The number of hydrogen-bond acceptors (Lipinski definition) is 5. The zero-order chi connectivity index (χ0) is 19.1. The molecule has 5 atom stereocenters. The van der Waals surface area contributed by atoms with Crippen LogP contribution in [0, 0.1) is 36.0 Å². The molecular formula is C20H28N2O3S. The standard InChI is InChI=1S/C20H28N2O3S/c1-5-8-21-17(25)9-13-18-14(26-12(2)22-18)10-15-19(13,3)7-6-16(24)20(15,4)11-23/h1,13,15-16,23-24H,6-11H2,2-4H3,(H,21,25)/t13-,15-,16-,19+,20+/m1/s1. The summed E-state index contributed by atoms with van der Waals surface area (Å²) in [5, 5.41) is 24.6. The molecule has 0 unspecified atom stereocenters. The van der Waals surface area contributed by atoms with Gasteiger partial charge in [-0.15, -0.1) is 17.8 Å². The van der Waals surface area contributed by atoms with Gasteiger partial charge in [-0.1, -0.05) is 19.8 Å². The highest BCUT2D eigenvalue weighted by atomic mass is 32.1. The maximum Gasteiger partial charge on any atom is 0.221 e. The number of aryl methyl sites for hydroxylation is 1. The normalized spacial score (nSPS) is 35.9. The van der Waals surface area contributed by atoms with Crippen LogP contribution in [0.3, 0.4) is 0 Å². The lowest BCUT2D eigenvalue weighted by Gasteiger charge is -2.58. The van der Waals surface area contributed by atoms with E-state index in [1.807, 2.05) is 13.8 Å². The summed E-state index contributed by atoms with van der Waals surface area (Å²) in [6, 6.07) is 0. The molecule has 2 aliphatic rings. The Morgan fingerprint density at radius 3 is 2.88 bits per heavy atom. The highest BCUT2D eigenvalue weighted by molar-refractivity contribution is 7.11. The molecule has 0 radical (unpaired) electrons. The van der Waals surface area contributed by atoms with Gasteiger partial charge < -0.3 is 15.5 Å². The van der Waals surface area contributed by atoms with E-state index >= 15 is 0 Å². The number of nitrogens with zero attached hydrogens (tertiary/aromatic N) is 1. The quantitative estimate of drug-likeness (QED) is 0.702. The number of fused-ring (bicyclic) bond motifs is 2. The fourth-order valence-electron chi connectivity index (χ4n) is 5.17. The van der Waals surface area contributed by atoms with Gasteiger partial charge in [0.15, 0.2) is 0 Å². The fraction of sp³-hybridized carbons (Fsp3) is 0.700.